The third-order valence-corrected chi connectivity index (χ3v) is 4.03. The lowest BCUT2D eigenvalue weighted by Gasteiger charge is -2.22. The van der Waals surface area contributed by atoms with Crippen molar-refractivity contribution in [1.29, 1.82) is 0 Å². The van der Waals surface area contributed by atoms with Crippen molar-refractivity contribution < 1.29 is 9.18 Å². The maximum atomic E-state index is 14.0. The van der Waals surface area contributed by atoms with Crippen LogP contribution in [0.25, 0.3) is 0 Å². The lowest BCUT2D eigenvalue weighted by Crippen LogP contribution is -2.30. The number of carbonyl (C=O) groups excluding carboxylic acids is 1. The van der Waals surface area contributed by atoms with E-state index in [9.17, 15) is 9.18 Å². The fourth-order valence-corrected chi connectivity index (χ4v) is 2.83. The Morgan fingerprint density at radius 3 is 2.92 bits per heavy atom. The molecule has 2 aromatic heterocycles. The summed E-state index contributed by atoms with van der Waals surface area (Å²) in [5, 5.41) is 7.53. The van der Waals surface area contributed by atoms with E-state index in [1.807, 2.05) is 31.3 Å². The number of para-hydroxylation sites is 2. The van der Waals surface area contributed by atoms with Crippen LogP contribution in [-0.4, -0.2) is 20.7 Å². The van der Waals surface area contributed by atoms with E-state index in [1.165, 1.54) is 17.2 Å². The van der Waals surface area contributed by atoms with E-state index in [1.54, 1.807) is 16.9 Å². The third-order valence-electron chi connectivity index (χ3n) is 4.03. The summed E-state index contributed by atoms with van der Waals surface area (Å²) in [5.74, 6) is -0.403. The van der Waals surface area contributed by atoms with Gasteiger partial charge in [0.2, 0.25) is 5.95 Å². The zero-order valence-corrected chi connectivity index (χ0v) is 12.9. The number of halogens is 1. The molecule has 4 rings (SSSR count). The van der Waals surface area contributed by atoms with Gasteiger partial charge in [-0.25, -0.2) is 4.98 Å². The Kier molecular flexibility index (Phi) is 3.26. The summed E-state index contributed by atoms with van der Waals surface area (Å²) in [6, 6.07) is 10.4. The highest BCUT2D eigenvalue weighted by molar-refractivity contribution is 6.08. The second-order valence-electron chi connectivity index (χ2n) is 5.52. The summed E-state index contributed by atoms with van der Waals surface area (Å²) in [4.78, 5) is 18.1. The minimum absolute atomic E-state index is 0.0559. The number of anilines is 3. The number of amides is 1. The van der Waals surface area contributed by atoms with Crippen LogP contribution in [0.3, 0.4) is 0 Å². The smallest absolute Gasteiger partial charge is 0.263 e. The molecule has 3 heterocycles. The summed E-state index contributed by atoms with van der Waals surface area (Å²) in [5.41, 5.74) is 2.24. The van der Waals surface area contributed by atoms with Crippen molar-refractivity contribution >= 4 is 23.1 Å². The highest BCUT2D eigenvalue weighted by atomic mass is 19.1. The van der Waals surface area contributed by atoms with Gasteiger partial charge in [0.05, 0.1) is 29.7 Å². The second kappa shape index (κ2) is 5.45. The molecule has 120 valence electrons. The van der Waals surface area contributed by atoms with Gasteiger partial charge in [-0.15, -0.1) is 0 Å². The number of nitrogens with zero attached hydrogens (tertiary/aromatic N) is 4. The van der Waals surface area contributed by atoms with Gasteiger partial charge < -0.3 is 10.2 Å². The van der Waals surface area contributed by atoms with Crippen molar-refractivity contribution in [1.82, 2.24) is 14.8 Å². The largest absolute Gasteiger partial charge is 0.338 e. The molecule has 0 saturated heterocycles. The Balaban J connectivity index is 1.85. The lowest BCUT2D eigenvalue weighted by atomic mass is 10.2. The van der Waals surface area contributed by atoms with Crippen LogP contribution >= 0.6 is 0 Å². The predicted molar refractivity (Wildman–Crippen MR) is 87.6 cm³/mol. The molecule has 1 amide bonds. The zero-order chi connectivity index (χ0) is 16.7. The summed E-state index contributed by atoms with van der Waals surface area (Å²) < 4.78 is 15.7. The molecule has 1 aliphatic rings. The molecule has 24 heavy (non-hydrogen) atoms. The predicted octanol–water partition coefficient (Wildman–Crippen LogP) is 2.86. The number of hydrogen-bond acceptors (Lipinski definition) is 4. The fraction of sp³-hybridized carbons (Fsp3) is 0.118. The van der Waals surface area contributed by atoms with Gasteiger partial charge in [-0.1, -0.05) is 12.1 Å². The number of nitrogens with one attached hydrogen (secondary N) is 1. The number of hydrogen-bond donors (Lipinski definition) is 1. The lowest BCUT2D eigenvalue weighted by molar-refractivity contribution is 0.0980. The molecule has 0 unspecified atom stereocenters. The van der Waals surface area contributed by atoms with Crippen molar-refractivity contribution in [3.63, 3.8) is 0 Å². The third kappa shape index (κ3) is 2.21. The number of aryl methyl sites for hydroxylation is 1. The van der Waals surface area contributed by atoms with Gasteiger partial charge in [-0.05, 0) is 24.3 Å². The first-order chi connectivity index (χ1) is 11.6. The Labute approximate surface area is 137 Å². The van der Waals surface area contributed by atoms with Gasteiger partial charge in [0.1, 0.15) is 5.82 Å². The van der Waals surface area contributed by atoms with Crippen molar-refractivity contribution in [2.75, 3.05) is 10.2 Å². The topological polar surface area (TPSA) is 63.1 Å². The van der Waals surface area contributed by atoms with Crippen molar-refractivity contribution in [3.8, 4) is 0 Å². The first kappa shape index (κ1) is 14.4. The van der Waals surface area contributed by atoms with Crippen LogP contribution in [-0.2, 0) is 13.6 Å². The van der Waals surface area contributed by atoms with Crippen LogP contribution in [0.2, 0.25) is 0 Å². The number of fused-ring (bicyclic) bond motifs is 2. The average Bonchev–Trinajstić information content (AvgIpc) is 2.84. The molecular formula is C17H14FN5O. The van der Waals surface area contributed by atoms with Crippen molar-refractivity contribution in [2.24, 2.45) is 7.05 Å². The first-order valence-corrected chi connectivity index (χ1v) is 7.44. The van der Waals surface area contributed by atoms with E-state index in [0.29, 0.717) is 12.2 Å². The molecule has 0 atom stereocenters. The highest BCUT2D eigenvalue weighted by Crippen LogP contribution is 2.36. The van der Waals surface area contributed by atoms with Crippen LogP contribution in [0.1, 0.15) is 15.9 Å². The molecule has 7 heteroatoms. The van der Waals surface area contributed by atoms with Crippen LogP contribution < -0.4 is 10.2 Å². The molecule has 1 aromatic carbocycles. The maximum Gasteiger partial charge on any atom is 0.263 e. The molecular weight excluding hydrogens is 309 g/mol. The number of pyridine rings is 1. The summed E-state index contributed by atoms with van der Waals surface area (Å²) >= 11 is 0. The van der Waals surface area contributed by atoms with Crippen LogP contribution in [0.5, 0.6) is 0 Å². The minimum atomic E-state index is -0.774. The summed E-state index contributed by atoms with van der Waals surface area (Å²) in [6.45, 7) is 0.292. The van der Waals surface area contributed by atoms with Gasteiger partial charge in [0.15, 0.2) is 0 Å². The molecule has 0 saturated carbocycles. The molecule has 0 bridgehead atoms. The monoisotopic (exact) mass is 323 g/mol. The highest BCUT2D eigenvalue weighted by Gasteiger charge is 2.28. The minimum Gasteiger partial charge on any atom is -0.338 e. The van der Waals surface area contributed by atoms with E-state index in [4.69, 9.17) is 0 Å². The fourth-order valence-electron chi connectivity index (χ4n) is 2.83. The molecule has 1 N–H and O–H groups in total. The summed E-state index contributed by atoms with van der Waals surface area (Å²) in [6.07, 6.45) is 3.03. The van der Waals surface area contributed by atoms with Gasteiger partial charge in [-0.3, -0.25) is 9.48 Å². The van der Waals surface area contributed by atoms with Crippen LogP contribution in [0.15, 0.2) is 48.8 Å². The Hall–Kier alpha value is -3.22. The summed E-state index contributed by atoms with van der Waals surface area (Å²) in [7, 11) is 1.83. The maximum absolute atomic E-state index is 14.0. The number of aromatic nitrogens is 3. The molecule has 0 radical (unpaired) electrons. The van der Waals surface area contributed by atoms with Crippen molar-refractivity contribution in [2.45, 2.75) is 6.54 Å². The first-order valence-electron chi connectivity index (χ1n) is 7.44. The van der Waals surface area contributed by atoms with Crippen LogP contribution in [0.4, 0.5) is 21.6 Å². The van der Waals surface area contributed by atoms with E-state index < -0.39 is 11.9 Å². The molecule has 0 spiro atoms. The van der Waals surface area contributed by atoms with Crippen molar-refractivity contribution in [3.05, 3.63) is 65.9 Å². The Bertz CT molecular complexity index is 936. The molecule has 1 aliphatic heterocycles. The SMILES string of the molecule is Cn1ncc2c1Nc1ccccc1N(C(=O)c1cccnc1F)C2. The quantitative estimate of drug-likeness (QED) is 0.700. The van der Waals surface area contributed by atoms with Gasteiger partial charge >= 0.3 is 0 Å². The molecule has 0 fully saturated rings. The van der Waals surface area contributed by atoms with Gasteiger partial charge in [-0.2, -0.15) is 9.49 Å². The average molecular weight is 323 g/mol. The molecule has 6 nitrogen and oxygen atoms in total. The zero-order valence-electron chi connectivity index (χ0n) is 12.9. The van der Waals surface area contributed by atoms with Crippen LogP contribution in [0, 0.1) is 5.95 Å². The van der Waals surface area contributed by atoms with E-state index in [0.717, 1.165) is 17.1 Å². The standard InChI is InChI=1S/C17H14FN5O/c1-22-16-11(9-20-22)10-23(14-7-3-2-6-13(14)21-16)17(24)12-5-4-8-19-15(12)18/h2-9,21H,10H2,1H3. The van der Waals surface area contributed by atoms with Gasteiger partial charge in [0, 0.05) is 18.8 Å². The number of benzene rings is 1. The Morgan fingerprint density at radius 2 is 2.08 bits per heavy atom. The number of carbonyl (C=O) groups is 1. The number of rotatable bonds is 1. The van der Waals surface area contributed by atoms with E-state index in [2.05, 4.69) is 15.4 Å². The molecule has 0 aliphatic carbocycles. The van der Waals surface area contributed by atoms with Gasteiger partial charge in [0.25, 0.3) is 5.91 Å². The van der Waals surface area contributed by atoms with E-state index >= 15 is 0 Å². The Morgan fingerprint density at radius 1 is 1.25 bits per heavy atom. The molecule has 3 aromatic rings. The van der Waals surface area contributed by atoms with E-state index in [-0.39, 0.29) is 5.56 Å². The second-order valence-corrected chi connectivity index (χ2v) is 5.52. The normalized spacial score (nSPS) is 12.8.